The van der Waals surface area contributed by atoms with Crippen molar-refractivity contribution >= 4 is 32.6 Å². The van der Waals surface area contributed by atoms with Gasteiger partial charge in [-0.3, -0.25) is 4.57 Å². The van der Waals surface area contributed by atoms with Gasteiger partial charge in [-0.1, -0.05) is 139 Å². The molecule has 0 saturated heterocycles. The number of hydrogen-bond donors (Lipinski definition) is 0. The molecule has 0 unspecified atom stereocenters. The maximum absolute atomic E-state index is 8.83. The van der Waals surface area contributed by atoms with E-state index in [2.05, 4.69) is 22.8 Å². The largest absolute Gasteiger partial charge is 0.297 e. The minimum Gasteiger partial charge on any atom is -0.297 e. The van der Waals surface area contributed by atoms with E-state index in [4.69, 9.17) is 18.7 Å². The molecule has 0 amide bonds. The van der Waals surface area contributed by atoms with Gasteiger partial charge in [-0.25, -0.2) is 4.98 Å². The van der Waals surface area contributed by atoms with E-state index in [-0.39, 0.29) is 35.3 Å². The zero-order chi connectivity index (χ0) is 40.7. The third kappa shape index (κ3) is 4.70. The van der Waals surface area contributed by atoms with Crippen molar-refractivity contribution in [3.63, 3.8) is 0 Å². The van der Waals surface area contributed by atoms with Gasteiger partial charge in [0.1, 0.15) is 5.82 Å². The van der Waals surface area contributed by atoms with Gasteiger partial charge in [0.25, 0.3) is 0 Å². The van der Waals surface area contributed by atoms with Crippen LogP contribution in [0.2, 0.25) is 0 Å². The molecule has 0 fully saturated rings. The van der Waals surface area contributed by atoms with E-state index in [0.29, 0.717) is 16.7 Å². The third-order valence-corrected chi connectivity index (χ3v) is 8.87. The Morgan fingerprint density at radius 2 is 1.02 bits per heavy atom. The van der Waals surface area contributed by atoms with E-state index >= 15 is 0 Å². The van der Waals surface area contributed by atoms with Gasteiger partial charge in [0.2, 0.25) is 0 Å². The molecule has 0 atom stereocenters. The molecule has 0 aliphatic rings. The number of nitrogens with zero attached hydrogens (tertiary/aromatic N) is 2. The maximum atomic E-state index is 8.83. The van der Waals surface area contributed by atoms with E-state index in [1.807, 2.05) is 85.8 Å². The average Bonchev–Trinajstić information content (AvgIpc) is 3.58. The van der Waals surface area contributed by atoms with Crippen molar-refractivity contribution in [3.8, 4) is 50.2 Å². The first-order valence-electron chi connectivity index (χ1n) is 20.7. The quantitative estimate of drug-likeness (QED) is 0.175. The highest BCUT2D eigenvalue weighted by Crippen LogP contribution is 2.45. The molecule has 0 saturated carbocycles. The summed E-state index contributed by atoms with van der Waals surface area (Å²) in [6.45, 7) is 1.98. The highest BCUT2D eigenvalue weighted by molar-refractivity contribution is 6.22. The molecule has 0 N–H and O–H groups in total. The van der Waals surface area contributed by atoms with Crippen molar-refractivity contribution < 1.29 is 13.7 Å². The van der Waals surface area contributed by atoms with Gasteiger partial charge < -0.3 is 0 Å². The minimum atomic E-state index is -0.473. The summed E-state index contributed by atoms with van der Waals surface area (Å²) in [6, 6.07) is 33.2. The van der Waals surface area contributed by atoms with Crippen molar-refractivity contribution in [2.45, 2.75) is 6.92 Å². The van der Waals surface area contributed by atoms with Gasteiger partial charge in [0, 0.05) is 5.69 Å². The van der Waals surface area contributed by atoms with Gasteiger partial charge in [-0.2, -0.15) is 0 Å². The third-order valence-electron chi connectivity index (χ3n) is 8.87. The Morgan fingerprint density at radius 1 is 0.458 bits per heavy atom. The van der Waals surface area contributed by atoms with E-state index in [0.717, 1.165) is 60.8 Å². The molecule has 2 nitrogen and oxygen atoms in total. The number of benzene rings is 8. The summed E-state index contributed by atoms with van der Waals surface area (Å²) in [4.78, 5) is 4.80. The molecule has 226 valence electrons. The van der Waals surface area contributed by atoms with Crippen molar-refractivity contribution in [2.75, 3.05) is 0 Å². The Labute approximate surface area is 294 Å². The van der Waals surface area contributed by atoms with Crippen LogP contribution in [0.3, 0.4) is 0 Å². The van der Waals surface area contributed by atoms with Crippen LogP contribution in [-0.4, -0.2) is 9.55 Å². The molecule has 9 rings (SSSR count). The Bertz CT molecular complexity index is 3150. The van der Waals surface area contributed by atoms with Crippen LogP contribution in [-0.2, 0) is 0 Å². The van der Waals surface area contributed by atoms with E-state index in [1.165, 1.54) is 0 Å². The Kier molecular flexibility index (Phi) is 4.66. The zero-order valence-corrected chi connectivity index (χ0v) is 25.9. The van der Waals surface area contributed by atoms with Crippen molar-refractivity contribution in [1.82, 2.24) is 9.55 Å². The Hall–Kier alpha value is -6.25. The second-order valence-corrected chi connectivity index (χ2v) is 11.7. The van der Waals surface area contributed by atoms with Gasteiger partial charge in [0.15, 0.2) is 0 Å². The van der Waals surface area contributed by atoms with Crippen LogP contribution in [0.1, 0.15) is 19.5 Å². The molecule has 1 heterocycles. The van der Waals surface area contributed by atoms with Crippen molar-refractivity contribution in [3.05, 3.63) is 182 Å². The number of aromatic nitrogens is 2. The molecule has 2 heteroatoms. The molecule has 0 aliphatic heterocycles. The van der Waals surface area contributed by atoms with Gasteiger partial charge in [-0.05, 0) is 109 Å². The number of para-hydroxylation sites is 2. The lowest BCUT2D eigenvalue weighted by molar-refractivity contribution is 1.00. The topological polar surface area (TPSA) is 17.8 Å². The molecule has 1 aromatic heterocycles. The number of fused-ring (bicyclic) bond motifs is 3. The summed E-state index contributed by atoms with van der Waals surface area (Å²) in [5, 5.41) is 3.35. The molecular formula is C46H32N2. The normalized spacial score (nSPS) is 14.4. The van der Waals surface area contributed by atoms with E-state index < -0.39 is 36.3 Å². The predicted octanol–water partition coefficient (Wildman–Crippen LogP) is 12.3. The standard InChI is InChI=1S/C46H32N2/c1-31-47-43-24-10-11-25-44(43)48(31)38-21-13-20-37(29-38)45-39-22-8-9-23-40(39)46(36-19-12-18-34(28-36)32-14-4-2-5-15-32)42-30-35(26-27-41(42)45)33-16-6-3-7-17-33/h2-30H,1H3/i2D,3D,4D,5D,6D,7D,14D,15D,16D,17D. The SMILES string of the molecule is [2H]c1c([2H])c([2H])c(-c2cccc(-c3c4ccccc4c(-c4cccc(-n5c(C)nc6ccccc65)c4)c4ccc(-c5c([2H])c([2H])c([2H])c([2H])c5[2H])cc34)c2)c([2H])c1[2H]. The lowest BCUT2D eigenvalue weighted by atomic mass is 9.84. The van der Waals surface area contributed by atoms with E-state index in [1.54, 1.807) is 18.2 Å². The zero-order valence-electron chi connectivity index (χ0n) is 35.9. The molecule has 0 spiro atoms. The first-order valence-corrected chi connectivity index (χ1v) is 15.7. The van der Waals surface area contributed by atoms with Gasteiger partial charge >= 0.3 is 0 Å². The van der Waals surface area contributed by atoms with Gasteiger partial charge in [-0.15, -0.1) is 0 Å². The second kappa shape index (κ2) is 11.5. The highest BCUT2D eigenvalue weighted by atomic mass is 15.1. The van der Waals surface area contributed by atoms with E-state index in [9.17, 15) is 0 Å². The van der Waals surface area contributed by atoms with Crippen molar-refractivity contribution in [2.24, 2.45) is 0 Å². The summed E-state index contributed by atoms with van der Waals surface area (Å²) in [5.74, 6) is 0.839. The fourth-order valence-corrected chi connectivity index (χ4v) is 6.85. The van der Waals surface area contributed by atoms with Crippen LogP contribution >= 0.6 is 0 Å². The van der Waals surface area contributed by atoms with Crippen molar-refractivity contribution in [1.29, 1.82) is 0 Å². The average molecular weight is 623 g/mol. The molecular weight excluding hydrogens is 581 g/mol. The summed E-state index contributed by atoms with van der Waals surface area (Å²) in [5.41, 5.74) is 7.13. The summed E-state index contributed by atoms with van der Waals surface area (Å²) < 4.78 is 87.1. The number of rotatable bonds is 5. The summed E-state index contributed by atoms with van der Waals surface area (Å²) >= 11 is 0. The molecule has 8 aromatic carbocycles. The van der Waals surface area contributed by atoms with Crippen LogP contribution in [0.4, 0.5) is 0 Å². The van der Waals surface area contributed by atoms with Crippen LogP contribution < -0.4 is 0 Å². The number of aryl methyl sites for hydroxylation is 1. The lowest BCUT2D eigenvalue weighted by Crippen LogP contribution is -1.98. The highest BCUT2D eigenvalue weighted by Gasteiger charge is 2.19. The number of imidazole rings is 1. The summed E-state index contributed by atoms with van der Waals surface area (Å²) in [7, 11) is 0. The second-order valence-electron chi connectivity index (χ2n) is 11.7. The van der Waals surface area contributed by atoms with Crippen LogP contribution in [0.25, 0.3) is 82.8 Å². The maximum Gasteiger partial charge on any atom is 0.111 e. The minimum absolute atomic E-state index is 0.0749. The molecule has 0 radical (unpaired) electrons. The molecule has 0 bridgehead atoms. The smallest absolute Gasteiger partial charge is 0.111 e. The van der Waals surface area contributed by atoms with Crippen LogP contribution in [0.15, 0.2) is 176 Å². The number of hydrogen-bond acceptors (Lipinski definition) is 1. The molecule has 0 aliphatic carbocycles. The Morgan fingerprint density at radius 3 is 1.75 bits per heavy atom. The summed E-state index contributed by atoms with van der Waals surface area (Å²) in [6.07, 6.45) is 0. The monoisotopic (exact) mass is 622 g/mol. The van der Waals surface area contributed by atoms with Gasteiger partial charge in [0.05, 0.1) is 24.7 Å². The van der Waals surface area contributed by atoms with Crippen LogP contribution in [0.5, 0.6) is 0 Å². The lowest BCUT2D eigenvalue weighted by Gasteiger charge is -2.20. The molecule has 9 aromatic rings. The first kappa shape index (κ1) is 19.4. The first-order chi connectivity index (χ1) is 27.9. The fraction of sp³-hybridized carbons (Fsp3) is 0.0217. The predicted molar refractivity (Wildman–Crippen MR) is 203 cm³/mol. The molecule has 48 heavy (non-hydrogen) atoms. The van der Waals surface area contributed by atoms with Crippen LogP contribution in [0, 0.1) is 6.92 Å². The fourth-order valence-electron chi connectivity index (χ4n) is 6.85. The Balaban J connectivity index is 1.38.